The molecular weight excluding hydrogens is 444 g/mol. The zero-order valence-corrected chi connectivity index (χ0v) is 18.7. The van der Waals surface area contributed by atoms with Crippen molar-refractivity contribution >= 4 is 29.3 Å². The Labute approximate surface area is 196 Å². The van der Waals surface area contributed by atoms with Crippen LogP contribution < -0.4 is 10.6 Å². The third-order valence-electron chi connectivity index (χ3n) is 5.35. The van der Waals surface area contributed by atoms with Gasteiger partial charge in [0.2, 0.25) is 5.91 Å². The molecule has 1 aliphatic rings. The Hall–Kier alpha value is -3.86. The first-order valence-electron chi connectivity index (χ1n) is 10.9. The minimum absolute atomic E-state index is 0.0643. The molecule has 11 nitrogen and oxygen atoms in total. The molecular formula is C23H28N4O7. The highest BCUT2D eigenvalue weighted by Gasteiger charge is 2.24. The van der Waals surface area contributed by atoms with Crippen LogP contribution in [0, 0.1) is 16.0 Å². The van der Waals surface area contributed by atoms with Crippen LogP contribution >= 0.6 is 0 Å². The summed E-state index contributed by atoms with van der Waals surface area (Å²) in [5, 5.41) is 25.8. The van der Waals surface area contributed by atoms with Gasteiger partial charge < -0.3 is 15.7 Å². The number of aliphatic hydroxyl groups is 1. The van der Waals surface area contributed by atoms with Crippen molar-refractivity contribution in [1.82, 2.24) is 15.5 Å². The fourth-order valence-corrected chi connectivity index (χ4v) is 3.47. The van der Waals surface area contributed by atoms with E-state index in [1.54, 1.807) is 6.08 Å². The van der Waals surface area contributed by atoms with Crippen LogP contribution in [0.15, 0.2) is 43.0 Å². The van der Waals surface area contributed by atoms with Crippen molar-refractivity contribution in [2.45, 2.75) is 32.3 Å². The third kappa shape index (κ3) is 7.34. The molecule has 4 amide bonds. The molecule has 0 saturated heterocycles. The minimum Gasteiger partial charge on any atom is -0.391 e. The van der Waals surface area contributed by atoms with Crippen molar-refractivity contribution in [3.63, 3.8) is 0 Å². The number of nitro benzene ring substituents is 1. The van der Waals surface area contributed by atoms with Gasteiger partial charge in [0.15, 0.2) is 0 Å². The number of benzene rings is 1. The second-order valence-corrected chi connectivity index (χ2v) is 7.67. The second-order valence-electron chi connectivity index (χ2n) is 7.67. The van der Waals surface area contributed by atoms with E-state index < -0.39 is 23.4 Å². The summed E-state index contributed by atoms with van der Waals surface area (Å²) in [5.74, 6) is -2.00. The number of aliphatic hydroxyl groups excluding tert-OH is 1. The summed E-state index contributed by atoms with van der Waals surface area (Å²) < 4.78 is 0. The zero-order chi connectivity index (χ0) is 25.1. The highest BCUT2D eigenvalue weighted by Crippen LogP contribution is 2.20. The molecule has 0 aromatic heterocycles. The highest BCUT2D eigenvalue weighted by molar-refractivity contribution is 6.12. The van der Waals surface area contributed by atoms with Gasteiger partial charge >= 0.3 is 0 Å². The van der Waals surface area contributed by atoms with E-state index in [1.807, 2.05) is 0 Å². The van der Waals surface area contributed by atoms with Crippen LogP contribution in [0.3, 0.4) is 0 Å². The first kappa shape index (κ1) is 26.4. The molecule has 0 radical (unpaired) electrons. The molecule has 0 spiro atoms. The van der Waals surface area contributed by atoms with Crippen LogP contribution in [0.25, 0.3) is 0 Å². The lowest BCUT2D eigenvalue weighted by Gasteiger charge is -2.19. The Kier molecular flexibility index (Phi) is 10.1. The average Bonchev–Trinajstić information content (AvgIpc) is 3.14. The number of carbonyl (C=O) groups is 4. The summed E-state index contributed by atoms with van der Waals surface area (Å²) in [6.07, 6.45) is 5.78. The minimum atomic E-state index is -0.669. The monoisotopic (exact) mass is 472 g/mol. The van der Waals surface area contributed by atoms with E-state index in [9.17, 15) is 34.4 Å². The Bertz CT molecular complexity index is 972. The molecule has 3 N–H and O–H groups in total. The van der Waals surface area contributed by atoms with Crippen LogP contribution in [0.1, 0.15) is 41.6 Å². The van der Waals surface area contributed by atoms with Crippen molar-refractivity contribution in [3.8, 4) is 0 Å². The molecule has 182 valence electrons. The molecule has 2 rings (SSSR count). The van der Waals surface area contributed by atoms with Gasteiger partial charge in [0.25, 0.3) is 23.4 Å². The zero-order valence-electron chi connectivity index (χ0n) is 18.7. The van der Waals surface area contributed by atoms with Crippen molar-refractivity contribution in [2.24, 2.45) is 5.92 Å². The van der Waals surface area contributed by atoms with Gasteiger partial charge in [0.05, 0.1) is 17.1 Å². The Morgan fingerprint density at radius 2 is 1.85 bits per heavy atom. The van der Waals surface area contributed by atoms with E-state index in [0.717, 1.165) is 11.0 Å². The third-order valence-corrected chi connectivity index (χ3v) is 5.35. The SMILES string of the molecule is C=CCCNC(=O)C(CCCN1C(=O)C=CC1=O)CCNC(=O)c1ccc(CO)c([N+](=O)[O-])c1. The van der Waals surface area contributed by atoms with Crippen LogP contribution in [-0.4, -0.2) is 58.2 Å². The van der Waals surface area contributed by atoms with Crippen LogP contribution in [-0.2, 0) is 21.0 Å². The Morgan fingerprint density at radius 3 is 2.47 bits per heavy atom. The van der Waals surface area contributed by atoms with Crippen molar-refractivity contribution in [2.75, 3.05) is 19.6 Å². The van der Waals surface area contributed by atoms with Gasteiger partial charge in [-0.15, -0.1) is 6.58 Å². The lowest BCUT2D eigenvalue weighted by molar-refractivity contribution is -0.385. The van der Waals surface area contributed by atoms with Crippen LogP contribution in [0.2, 0.25) is 0 Å². The lowest BCUT2D eigenvalue weighted by atomic mass is 9.97. The van der Waals surface area contributed by atoms with Gasteiger partial charge in [-0.2, -0.15) is 0 Å². The van der Waals surface area contributed by atoms with E-state index in [4.69, 9.17) is 0 Å². The summed E-state index contributed by atoms with van der Waals surface area (Å²) in [6, 6.07) is 3.79. The predicted molar refractivity (Wildman–Crippen MR) is 122 cm³/mol. The van der Waals surface area contributed by atoms with Crippen molar-refractivity contribution < 1.29 is 29.2 Å². The summed E-state index contributed by atoms with van der Waals surface area (Å²) in [6.45, 7) is 3.82. The van der Waals surface area contributed by atoms with E-state index in [1.165, 1.54) is 24.3 Å². The van der Waals surface area contributed by atoms with E-state index in [0.29, 0.717) is 32.2 Å². The maximum Gasteiger partial charge on any atom is 0.275 e. The van der Waals surface area contributed by atoms with Gasteiger partial charge in [-0.25, -0.2) is 0 Å². The van der Waals surface area contributed by atoms with Crippen LogP contribution in [0.5, 0.6) is 0 Å². The lowest BCUT2D eigenvalue weighted by Crippen LogP contribution is -2.35. The molecule has 1 aliphatic heterocycles. The fraction of sp³-hybridized carbons (Fsp3) is 0.391. The summed E-state index contributed by atoms with van der Waals surface area (Å²) >= 11 is 0. The molecule has 0 aliphatic carbocycles. The number of nitro groups is 1. The highest BCUT2D eigenvalue weighted by atomic mass is 16.6. The molecule has 0 bridgehead atoms. The molecule has 34 heavy (non-hydrogen) atoms. The van der Waals surface area contributed by atoms with Crippen LogP contribution in [0.4, 0.5) is 5.69 Å². The van der Waals surface area contributed by atoms with Gasteiger partial charge in [-0.05, 0) is 37.8 Å². The van der Waals surface area contributed by atoms with Gasteiger partial charge in [0, 0.05) is 49.3 Å². The summed E-state index contributed by atoms with van der Waals surface area (Å²) in [4.78, 5) is 60.0. The number of nitrogens with zero attached hydrogens (tertiary/aromatic N) is 2. The largest absolute Gasteiger partial charge is 0.391 e. The molecule has 11 heteroatoms. The van der Waals surface area contributed by atoms with Crippen molar-refractivity contribution in [1.29, 1.82) is 0 Å². The number of hydrogen-bond donors (Lipinski definition) is 3. The smallest absolute Gasteiger partial charge is 0.275 e. The first-order valence-corrected chi connectivity index (χ1v) is 10.9. The molecule has 1 atom stereocenters. The molecule has 1 aromatic rings. The predicted octanol–water partition coefficient (Wildman–Crippen LogP) is 1.22. The maximum atomic E-state index is 12.6. The second kappa shape index (κ2) is 13.0. The molecule has 0 saturated carbocycles. The summed E-state index contributed by atoms with van der Waals surface area (Å²) in [7, 11) is 0. The Balaban J connectivity index is 1.94. The maximum absolute atomic E-state index is 12.6. The van der Waals surface area contributed by atoms with Gasteiger partial charge in [-0.3, -0.25) is 34.2 Å². The first-order chi connectivity index (χ1) is 16.3. The summed E-state index contributed by atoms with van der Waals surface area (Å²) in [5.41, 5.74) is -0.187. The van der Waals surface area contributed by atoms with E-state index in [-0.39, 0.29) is 47.6 Å². The molecule has 1 aromatic carbocycles. The Morgan fingerprint density at radius 1 is 1.15 bits per heavy atom. The number of amides is 4. The fourth-order valence-electron chi connectivity index (χ4n) is 3.47. The number of hydrogen-bond acceptors (Lipinski definition) is 7. The normalized spacial score (nSPS) is 13.6. The molecule has 1 unspecified atom stereocenters. The van der Waals surface area contributed by atoms with E-state index in [2.05, 4.69) is 17.2 Å². The van der Waals surface area contributed by atoms with E-state index >= 15 is 0 Å². The topological polar surface area (TPSA) is 159 Å². The standard InChI is InChI=1S/C23H28N4O7/c1-2-3-11-24-22(31)16(5-4-13-26-20(29)8-9-21(26)30)10-12-25-23(32)17-6-7-18(15-28)19(14-17)27(33)34/h2,6-9,14,16,28H,1,3-5,10-13,15H2,(H,24,31)(H,25,32). The number of rotatable bonds is 14. The molecule has 0 fully saturated rings. The average molecular weight is 472 g/mol. The quantitative estimate of drug-likeness (QED) is 0.121. The molecule has 1 heterocycles. The van der Waals surface area contributed by atoms with Gasteiger partial charge in [0.1, 0.15) is 0 Å². The number of nitrogens with one attached hydrogen (secondary N) is 2. The number of imide groups is 1. The van der Waals surface area contributed by atoms with Gasteiger partial charge in [-0.1, -0.05) is 6.08 Å². The van der Waals surface area contributed by atoms with Crippen molar-refractivity contribution in [3.05, 3.63) is 64.2 Å². The number of carbonyl (C=O) groups excluding carboxylic acids is 4.